The van der Waals surface area contributed by atoms with E-state index in [2.05, 4.69) is 21.3 Å². The van der Waals surface area contributed by atoms with Crippen LogP contribution < -0.4 is 21.3 Å². The van der Waals surface area contributed by atoms with Crippen LogP contribution in [0.15, 0.2) is 0 Å². The van der Waals surface area contributed by atoms with Gasteiger partial charge in [0, 0.05) is 27.7 Å². The molecule has 7 rings (SSSR count). The van der Waals surface area contributed by atoms with Gasteiger partial charge in [-0.15, -0.1) is 0 Å². The standard InChI is InChI=1S/C56H96N4O40/c1-14-30(73)39(82)41(84)53(88-14)100-49-40(83)33(76)22(8-63)92-56(49)97-46-25(11-66)93-50(28(37(46)80)59-17(4)70)87-13-20(72)31(74)44(19(6-61)57-15(2)68)95-54-42(85)47(34(77)23(9-64)90-54)99-52-29(60-18(5)71)38(81)45(26(12-67)94-52)96-55-43(86)48(35(78)24(10-65)91-55)98-51-27(58-16(3)69)36(79)32(75)21(7-62)89-51/h14,19-56,61-67,72-86H,6-13H2,1-5H3,(H,57,68)(H,58,69)(H,59,70)(H,60,71)/t14-,19-,20+,21+,22+,23+,24+,25+,26+,27+,28+,29+,30+,31-,32+,33-,34-,35-,36+,37+,38+,39+,40-,41-,42+,43+,44+,45+,46+,47-,48-,49+,50+,51-,52-,53-,54-,55-,56-/m0/s1. The maximum absolute atomic E-state index is 12.8. The minimum Gasteiger partial charge on any atom is -0.394 e. The zero-order valence-corrected chi connectivity index (χ0v) is 54.4. The Bertz CT molecular complexity index is 2570. The van der Waals surface area contributed by atoms with Crippen molar-refractivity contribution in [1.82, 2.24) is 21.3 Å². The number of ether oxygens (including phenoxy) is 14. The summed E-state index contributed by atoms with van der Waals surface area (Å²) in [6.45, 7) is -3.29. The molecule has 7 fully saturated rings. The Morgan fingerprint density at radius 3 is 1.20 bits per heavy atom. The van der Waals surface area contributed by atoms with Gasteiger partial charge < -0.3 is 200 Å². The third-order valence-electron chi connectivity index (χ3n) is 17.9. The highest BCUT2D eigenvalue weighted by molar-refractivity contribution is 5.74. The van der Waals surface area contributed by atoms with Crippen molar-refractivity contribution in [3.63, 3.8) is 0 Å². The number of hydrogen-bond donors (Lipinski definition) is 26. The van der Waals surface area contributed by atoms with E-state index in [1.54, 1.807) is 0 Å². The van der Waals surface area contributed by atoms with Crippen molar-refractivity contribution >= 4 is 23.6 Å². The van der Waals surface area contributed by atoms with Crippen LogP contribution in [0.4, 0.5) is 0 Å². The Morgan fingerprint density at radius 2 is 0.730 bits per heavy atom. The molecule has 0 spiro atoms. The van der Waals surface area contributed by atoms with Crippen molar-refractivity contribution < 1.29 is 198 Å². The van der Waals surface area contributed by atoms with Gasteiger partial charge in [0.05, 0.1) is 65.0 Å². The first-order valence-corrected chi connectivity index (χ1v) is 31.9. The summed E-state index contributed by atoms with van der Waals surface area (Å²) in [5, 5.41) is 251. The van der Waals surface area contributed by atoms with E-state index in [-0.39, 0.29) is 0 Å². The molecule has 4 amide bonds. The van der Waals surface area contributed by atoms with Crippen LogP contribution in [0.5, 0.6) is 0 Å². The minimum atomic E-state index is -2.42. The van der Waals surface area contributed by atoms with Gasteiger partial charge in [0.15, 0.2) is 44.0 Å². The maximum Gasteiger partial charge on any atom is 0.217 e. The van der Waals surface area contributed by atoms with Crippen LogP contribution in [-0.2, 0) is 85.5 Å². The number of nitrogens with one attached hydrogen (secondary N) is 4. The van der Waals surface area contributed by atoms with Gasteiger partial charge in [0.2, 0.25) is 23.6 Å². The van der Waals surface area contributed by atoms with E-state index < -0.39 is 316 Å². The van der Waals surface area contributed by atoms with Gasteiger partial charge in [0.25, 0.3) is 0 Å². The number of carbonyl (C=O) groups is 4. The van der Waals surface area contributed by atoms with Crippen molar-refractivity contribution in [3.8, 4) is 0 Å². The lowest BCUT2D eigenvalue weighted by Crippen LogP contribution is -2.70. The first-order valence-electron chi connectivity index (χ1n) is 31.9. The van der Waals surface area contributed by atoms with Gasteiger partial charge in [-0.25, -0.2) is 0 Å². The first-order chi connectivity index (χ1) is 47.2. The summed E-state index contributed by atoms with van der Waals surface area (Å²) in [4.78, 5) is 50.2. The van der Waals surface area contributed by atoms with E-state index in [1.807, 2.05) is 0 Å². The van der Waals surface area contributed by atoms with Crippen LogP contribution in [0.25, 0.3) is 0 Å². The highest BCUT2D eigenvalue weighted by atomic mass is 16.8. The van der Waals surface area contributed by atoms with E-state index in [0.717, 1.165) is 27.7 Å². The number of hydrogen-bond acceptors (Lipinski definition) is 40. The lowest BCUT2D eigenvalue weighted by Gasteiger charge is -2.50. The average molecular weight is 1470 g/mol. The first kappa shape index (κ1) is 83.7. The van der Waals surface area contributed by atoms with E-state index >= 15 is 0 Å². The molecule has 0 radical (unpaired) electrons. The zero-order chi connectivity index (χ0) is 74.2. The summed E-state index contributed by atoms with van der Waals surface area (Å²) in [5.41, 5.74) is 0. The van der Waals surface area contributed by atoms with E-state index in [4.69, 9.17) is 66.3 Å². The topological polar surface area (TPSA) is 691 Å². The molecule has 0 aromatic carbocycles. The average Bonchev–Trinajstić information content (AvgIpc) is 0.778. The fourth-order valence-electron chi connectivity index (χ4n) is 12.5. The molecule has 44 heteroatoms. The lowest BCUT2D eigenvalue weighted by molar-refractivity contribution is -0.383. The van der Waals surface area contributed by atoms with Crippen LogP contribution in [0.3, 0.4) is 0 Å². The summed E-state index contributed by atoms with van der Waals surface area (Å²) < 4.78 is 81.2. The predicted molar refractivity (Wildman–Crippen MR) is 312 cm³/mol. The quantitative estimate of drug-likeness (QED) is 0.0331. The van der Waals surface area contributed by atoms with Gasteiger partial charge in [-0.05, 0) is 6.92 Å². The van der Waals surface area contributed by atoms with Gasteiger partial charge in [-0.3, -0.25) is 19.2 Å². The van der Waals surface area contributed by atoms with Crippen molar-refractivity contribution in [3.05, 3.63) is 0 Å². The molecule has 580 valence electrons. The molecule has 100 heavy (non-hydrogen) atoms. The Kier molecular flexibility index (Phi) is 31.1. The largest absolute Gasteiger partial charge is 0.394 e. The Labute approximate surface area is 568 Å². The Balaban J connectivity index is 1.08. The molecule has 0 aromatic heterocycles. The highest BCUT2D eigenvalue weighted by Gasteiger charge is 2.59. The van der Waals surface area contributed by atoms with Gasteiger partial charge >= 0.3 is 0 Å². The third-order valence-corrected chi connectivity index (χ3v) is 17.9. The van der Waals surface area contributed by atoms with Crippen LogP contribution in [0.1, 0.15) is 34.6 Å². The number of rotatable bonds is 29. The zero-order valence-electron chi connectivity index (χ0n) is 54.4. The number of aliphatic hydroxyl groups excluding tert-OH is 22. The molecule has 26 N–H and O–H groups in total. The molecular formula is C56H96N4O40. The summed E-state index contributed by atoms with van der Waals surface area (Å²) in [6.07, 6.45) is -68.6. The minimum absolute atomic E-state index is 0.778. The molecule has 7 heterocycles. The summed E-state index contributed by atoms with van der Waals surface area (Å²) >= 11 is 0. The second-order valence-corrected chi connectivity index (χ2v) is 25.1. The number of carbonyl (C=O) groups excluding carboxylic acids is 4. The summed E-state index contributed by atoms with van der Waals surface area (Å²) in [7, 11) is 0. The third kappa shape index (κ3) is 19.2. The number of aliphatic hydroxyl groups is 22. The number of amides is 4. The van der Waals surface area contributed by atoms with E-state index in [9.17, 15) is 132 Å². The van der Waals surface area contributed by atoms with Gasteiger partial charge in [-0.1, -0.05) is 0 Å². The normalized spacial score (nSPS) is 45.4. The molecule has 7 saturated heterocycles. The van der Waals surface area contributed by atoms with E-state index in [0.29, 0.717) is 0 Å². The van der Waals surface area contributed by atoms with Crippen LogP contribution >= 0.6 is 0 Å². The fourth-order valence-corrected chi connectivity index (χ4v) is 12.5. The molecule has 7 aliphatic heterocycles. The highest BCUT2D eigenvalue weighted by Crippen LogP contribution is 2.38. The molecular weight excluding hydrogens is 1370 g/mol. The SMILES string of the molecule is CC(=O)N[C@H]1[C@H](O[C@H]2[C@@H](O)[C@@H](CO)O[C@@H](O[C@@H]([C@@H](O)[C@H](O)CO[C@@H]3O[C@H](CO)[C@@H](O[C@@H]4O[C@H](CO)[C@H](O)[C@H](O)[C@H]4O[C@@H]4O[C@@H](C)[C@@H](O)[C@@H](O)[C@@H]4O)[C@H](O)[C@H]3NC(C)=O)[C@H](CO)NC(C)=O)[C@@H]2O)O[C@H](CO)[C@@H](O[C@@H]2O[C@H](CO)[C@H](O)[C@H](O[C@@H]3O[C@H](CO)[C@@H](O)[C@H](O)[C@H]3NC(C)=O)[C@H]2O)[C@@H]1O. The lowest BCUT2D eigenvalue weighted by atomic mass is 9.94. The van der Waals surface area contributed by atoms with Crippen molar-refractivity contribution in [1.29, 1.82) is 0 Å². The van der Waals surface area contributed by atoms with Gasteiger partial charge in [-0.2, -0.15) is 0 Å². The summed E-state index contributed by atoms with van der Waals surface area (Å²) in [6, 6.07) is -7.11. The molecule has 44 nitrogen and oxygen atoms in total. The second-order valence-electron chi connectivity index (χ2n) is 25.1. The predicted octanol–water partition coefficient (Wildman–Crippen LogP) is -17.2. The van der Waals surface area contributed by atoms with E-state index in [1.165, 1.54) is 6.92 Å². The van der Waals surface area contributed by atoms with Crippen molar-refractivity contribution in [2.24, 2.45) is 0 Å². The van der Waals surface area contributed by atoms with Gasteiger partial charge in [0.1, 0.15) is 183 Å². The van der Waals surface area contributed by atoms with Crippen LogP contribution in [0, 0.1) is 0 Å². The second kappa shape index (κ2) is 37.1. The van der Waals surface area contributed by atoms with Crippen LogP contribution in [-0.4, -0.2) is 428 Å². The molecule has 0 saturated carbocycles. The van der Waals surface area contributed by atoms with Crippen molar-refractivity contribution in [2.45, 2.75) is 274 Å². The molecule has 0 unspecified atom stereocenters. The maximum atomic E-state index is 12.8. The molecule has 7 aliphatic rings. The van der Waals surface area contributed by atoms with Crippen LogP contribution in [0.2, 0.25) is 0 Å². The Hall–Kier alpha value is -3.56. The molecule has 0 aliphatic carbocycles. The fraction of sp³-hybridized carbons (Fsp3) is 0.929. The Morgan fingerprint density at radius 1 is 0.360 bits per heavy atom. The van der Waals surface area contributed by atoms with Crippen molar-refractivity contribution in [2.75, 3.05) is 52.9 Å². The molecule has 0 aromatic rings. The molecule has 0 bridgehead atoms. The monoisotopic (exact) mass is 1460 g/mol. The smallest absolute Gasteiger partial charge is 0.217 e. The summed E-state index contributed by atoms with van der Waals surface area (Å²) in [5.74, 6) is -3.48. The molecule has 39 atom stereocenters.